The molecule has 1 aromatic carbocycles. The maximum Gasteiger partial charge on any atom is 0.253 e. The zero-order chi connectivity index (χ0) is 15.5. The molecular weight excluding hydrogens is 278 g/mol. The van der Waals surface area contributed by atoms with Gasteiger partial charge in [0.1, 0.15) is 0 Å². The molecule has 1 N–H and O–H groups in total. The van der Waals surface area contributed by atoms with Crippen molar-refractivity contribution >= 4 is 5.91 Å². The molecule has 1 aliphatic heterocycles. The summed E-state index contributed by atoms with van der Waals surface area (Å²) in [6.45, 7) is 3.66. The number of β-amino-alcohol motifs (C(OH)–C–C–N with tert-alkyl or cyclic N) is 1. The normalized spacial score (nSPS) is 20.5. The second kappa shape index (κ2) is 6.47. The van der Waals surface area contributed by atoms with Crippen molar-refractivity contribution in [1.82, 2.24) is 9.80 Å². The van der Waals surface area contributed by atoms with Crippen molar-refractivity contribution < 1.29 is 9.90 Å². The quantitative estimate of drug-likeness (QED) is 0.903. The number of hydrogen-bond donors (Lipinski definition) is 1. The molecule has 3 rings (SSSR count). The van der Waals surface area contributed by atoms with Gasteiger partial charge >= 0.3 is 0 Å². The van der Waals surface area contributed by atoms with Crippen molar-refractivity contribution in [2.24, 2.45) is 5.92 Å². The first-order valence-corrected chi connectivity index (χ1v) is 7.87. The van der Waals surface area contributed by atoms with Gasteiger partial charge in [-0.1, -0.05) is 6.07 Å². The first kappa shape index (κ1) is 15.0. The lowest BCUT2D eigenvalue weighted by Gasteiger charge is -2.35. The van der Waals surface area contributed by atoms with Gasteiger partial charge in [-0.15, -0.1) is 0 Å². The molecule has 2 fully saturated rings. The minimum Gasteiger partial charge on any atom is -0.392 e. The van der Waals surface area contributed by atoms with Gasteiger partial charge in [0.05, 0.1) is 17.7 Å². The van der Waals surface area contributed by atoms with Crippen LogP contribution in [-0.4, -0.2) is 59.6 Å². The standard InChI is InChI=1S/C17H21N3O2/c18-11-13-2-1-3-15(10-13)17(22)20-8-6-19(7-9-20)12-16(21)14-4-5-14/h1-3,10,14,16,21H,4-9,12H2. The number of nitriles is 1. The molecule has 2 aliphatic rings. The summed E-state index contributed by atoms with van der Waals surface area (Å²) < 4.78 is 0. The van der Waals surface area contributed by atoms with E-state index in [1.165, 1.54) is 0 Å². The monoisotopic (exact) mass is 299 g/mol. The van der Waals surface area contributed by atoms with Crippen LogP contribution in [0.15, 0.2) is 24.3 Å². The van der Waals surface area contributed by atoms with Crippen molar-refractivity contribution in [1.29, 1.82) is 5.26 Å². The summed E-state index contributed by atoms with van der Waals surface area (Å²) >= 11 is 0. The third kappa shape index (κ3) is 3.46. The maximum atomic E-state index is 12.5. The van der Waals surface area contributed by atoms with Crippen LogP contribution in [0.25, 0.3) is 0 Å². The van der Waals surface area contributed by atoms with E-state index in [2.05, 4.69) is 11.0 Å². The summed E-state index contributed by atoms with van der Waals surface area (Å²) in [4.78, 5) is 16.5. The van der Waals surface area contributed by atoms with E-state index in [1.54, 1.807) is 24.3 Å². The van der Waals surface area contributed by atoms with Crippen LogP contribution in [0.3, 0.4) is 0 Å². The van der Waals surface area contributed by atoms with E-state index < -0.39 is 0 Å². The molecule has 0 radical (unpaired) electrons. The molecule has 1 heterocycles. The number of carbonyl (C=O) groups is 1. The van der Waals surface area contributed by atoms with Crippen molar-refractivity contribution in [2.75, 3.05) is 32.7 Å². The van der Waals surface area contributed by atoms with Crippen LogP contribution < -0.4 is 0 Å². The molecule has 1 atom stereocenters. The van der Waals surface area contributed by atoms with Gasteiger partial charge in [-0.2, -0.15) is 5.26 Å². The molecule has 1 aliphatic carbocycles. The van der Waals surface area contributed by atoms with Crippen molar-refractivity contribution in [2.45, 2.75) is 18.9 Å². The summed E-state index contributed by atoms with van der Waals surface area (Å²) in [5, 5.41) is 18.9. The SMILES string of the molecule is N#Cc1cccc(C(=O)N2CCN(CC(O)C3CC3)CC2)c1. The van der Waals surface area contributed by atoms with E-state index in [4.69, 9.17) is 5.26 Å². The average Bonchev–Trinajstić information content (AvgIpc) is 3.40. The fraction of sp³-hybridized carbons (Fsp3) is 0.529. The largest absolute Gasteiger partial charge is 0.392 e. The Balaban J connectivity index is 1.54. The summed E-state index contributed by atoms with van der Waals surface area (Å²) in [6.07, 6.45) is 2.08. The highest BCUT2D eigenvalue weighted by atomic mass is 16.3. The van der Waals surface area contributed by atoms with E-state index in [-0.39, 0.29) is 12.0 Å². The topological polar surface area (TPSA) is 67.6 Å². The predicted molar refractivity (Wildman–Crippen MR) is 82.2 cm³/mol. The summed E-state index contributed by atoms with van der Waals surface area (Å²) in [5.41, 5.74) is 1.09. The molecule has 1 saturated heterocycles. The van der Waals surface area contributed by atoms with E-state index in [0.717, 1.165) is 32.5 Å². The maximum absolute atomic E-state index is 12.5. The van der Waals surface area contributed by atoms with Crippen LogP contribution in [0.1, 0.15) is 28.8 Å². The third-order valence-electron chi connectivity index (χ3n) is 4.51. The molecule has 22 heavy (non-hydrogen) atoms. The van der Waals surface area contributed by atoms with Crippen molar-refractivity contribution in [3.63, 3.8) is 0 Å². The summed E-state index contributed by atoms with van der Waals surface area (Å²) in [6, 6.07) is 8.91. The number of carbonyl (C=O) groups excluding carboxylic acids is 1. The lowest BCUT2D eigenvalue weighted by Crippen LogP contribution is -2.50. The highest BCUT2D eigenvalue weighted by molar-refractivity contribution is 5.94. The van der Waals surface area contributed by atoms with Gasteiger partial charge in [-0.05, 0) is 37.0 Å². The Labute approximate surface area is 130 Å². The highest BCUT2D eigenvalue weighted by Crippen LogP contribution is 2.32. The molecular formula is C17H21N3O2. The van der Waals surface area contributed by atoms with Crippen LogP contribution >= 0.6 is 0 Å². The summed E-state index contributed by atoms with van der Waals surface area (Å²) in [7, 11) is 0. The number of benzene rings is 1. The third-order valence-corrected chi connectivity index (χ3v) is 4.51. The van der Waals surface area contributed by atoms with Gasteiger partial charge in [-0.25, -0.2) is 0 Å². The molecule has 1 aromatic rings. The van der Waals surface area contributed by atoms with Gasteiger partial charge in [0.15, 0.2) is 0 Å². The molecule has 1 unspecified atom stereocenters. The molecule has 116 valence electrons. The van der Waals surface area contributed by atoms with Crippen molar-refractivity contribution in [3.05, 3.63) is 35.4 Å². The molecule has 0 bridgehead atoms. The van der Waals surface area contributed by atoms with Crippen LogP contribution in [0, 0.1) is 17.2 Å². The average molecular weight is 299 g/mol. The Hall–Kier alpha value is -1.90. The number of nitrogens with zero attached hydrogens (tertiary/aromatic N) is 3. The van der Waals surface area contributed by atoms with E-state index >= 15 is 0 Å². The second-order valence-electron chi connectivity index (χ2n) is 6.19. The van der Waals surface area contributed by atoms with E-state index in [9.17, 15) is 9.90 Å². The Morgan fingerprint density at radius 2 is 2.05 bits per heavy atom. The van der Waals surface area contributed by atoms with Crippen LogP contribution in [0.5, 0.6) is 0 Å². The van der Waals surface area contributed by atoms with Gasteiger partial charge < -0.3 is 10.0 Å². The number of hydrogen-bond acceptors (Lipinski definition) is 4. The number of aliphatic hydroxyl groups is 1. The zero-order valence-electron chi connectivity index (χ0n) is 12.6. The molecule has 5 nitrogen and oxygen atoms in total. The van der Waals surface area contributed by atoms with E-state index in [1.807, 2.05) is 4.90 Å². The first-order chi connectivity index (χ1) is 10.7. The summed E-state index contributed by atoms with van der Waals surface area (Å²) in [5.74, 6) is 0.480. The number of amides is 1. The molecule has 0 aromatic heterocycles. The second-order valence-corrected chi connectivity index (χ2v) is 6.19. The minimum atomic E-state index is -0.213. The molecule has 1 saturated carbocycles. The first-order valence-electron chi connectivity index (χ1n) is 7.87. The van der Waals surface area contributed by atoms with Crippen molar-refractivity contribution in [3.8, 4) is 6.07 Å². The lowest BCUT2D eigenvalue weighted by atomic mass is 10.1. The van der Waals surface area contributed by atoms with E-state index in [0.29, 0.717) is 30.1 Å². The Morgan fingerprint density at radius 3 is 2.68 bits per heavy atom. The smallest absolute Gasteiger partial charge is 0.253 e. The van der Waals surface area contributed by atoms with Crippen LogP contribution in [0.2, 0.25) is 0 Å². The molecule has 1 amide bonds. The van der Waals surface area contributed by atoms with Crippen LogP contribution in [-0.2, 0) is 0 Å². The minimum absolute atomic E-state index is 0.0144. The fourth-order valence-electron chi connectivity index (χ4n) is 2.93. The Morgan fingerprint density at radius 1 is 1.32 bits per heavy atom. The molecule has 5 heteroatoms. The number of piperazine rings is 1. The number of aliphatic hydroxyl groups excluding tert-OH is 1. The fourth-order valence-corrected chi connectivity index (χ4v) is 2.93. The van der Waals surface area contributed by atoms with Gasteiger partial charge in [0.25, 0.3) is 5.91 Å². The lowest BCUT2D eigenvalue weighted by molar-refractivity contribution is 0.0488. The highest BCUT2D eigenvalue weighted by Gasteiger charge is 2.32. The number of rotatable bonds is 4. The van der Waals surface area contributed by atoms with Gasteiger partial charge in [-0.3, -0.25) is 9.69 Å². The predicted octanol–water partition coefficient (Wildman–Crippen LogP) is 1.09. The van der Waals surface area contributed by atoms with Gasteiger partial charge in [0.2, 0.25) is 0 Å². The van der Waals surface area contributed by atoms with Crippen LogP contribution in [0.4, 0.5) is 0 Å². The van der Waals surface area contributed by atoms with Gasteiger partial charge in [0, 0.05) is 38.3 Å². The molecule has 0 spiro atoms. The zero-order valence-corrected chi connectivity index (χ0v) is 12.6. The Kier molecular flexibility index (Phi) is 4.41. The Bertz CT molecular complexity index is 584.